The van der Waals surface area contributed by atoms with E-state index in [1.54, 1.807) is 17.1 Å². The number of imidazole rings is 1. The first-order valence-corrected chi connectivity index (χ1v) is 12.6. The number of ether oxygens (including phenoxy) is 1. The third-order valence-corrected chi connectivity index (χ3v) is 6.41. The number of aromatic nitrogens is 3. The number of nitrogens with zero attached hydrogens (tertiary/aromatic N) is 3. The van der Waals surface area contributed by atoms with E-state index in [4.69, 9.17) is 4.74 Å². The molecule has 2 aromatic heterocycles. The molecule has 0 aliphatic carbocycles. The first-order chi connectivity index (χ1) is 12.8. The number of rotatable bonds is 8. The second-order valence-electron chi connectivity index (χ2n) is 7.96. The van der Waals surface area contributed by atoms with Crippen LogP contribution in [0.1, 0.15) is 32.4 Å². The fraction of sp³-hybridized carbons (Fsp3) is 0.632. The summed E-state index contributed by atoms with van der Waals surface area (Å²) in [5.41, 5.74) is 2.30. The van der Waals surface area contributed by atoms with Crippen molar-refractivity contribution < 1.29 is 14.9 Å². The van der Waals surface area contributed by atoms with E-state index in [2.05, 4.69) is 41.8 Å². The molecule has 1 aliphatic heterocycles. The minimum Gasteiger partial charge on any atom is -0.388 e. The molecule has 4 atom stereocenters. The molecule has 0 aromatic carbocycles. The fourth-order valence-corrected chi connectivity index (χ4v) is 4.29. The van der Waals surface area contributed by atoms with Crippen LogP contribution < -0.4 is 5.32 Å². The van der Waals surface area contributed by atoms with Crippen molar-refractivity contribution in [3.8, 4) is 0 Å². The zero-order valence-electron chi connectivity index (χ0n) is 16.4. The van der Waals surface area contributed by atoms with Crippen LogP contribution in [0.5, 0.6) is 0 Å². The topological polar surface area (TPSA) is 92.4 Å². The van der Waals surface area contributed by atoms with Gasteiger partial charge in [-0.25, -0.2) is 9.97 Å². The molecule has 0 bridgehead atoms. The van der Waals surface area contributed by atoms with E-state index in [-0.39, 0.29) is 0 Å². The monoisotopic (exact) mass is 394 g/mol. The van der Waals surface area contributed by atoms with E-state index >= 15 is 0 Å². The first-order valence-electron chi connectivity index (χ1n) is 9.56. The Labute approximate surface area is 160 Å². The van der Waals surface area contributed by atoms with Crippen LogP contribution in [-0.2, 0) is 4.74 Å². The molecule has 1 saturated heterocycles. The molecular weight excluding hydrogens is 363 g/mol. The minimum atomic E-state index is -1.22. The normalized spacial score (nSPS) is 26.0. The Hall–Kier alpha value is -1.40. The van der Waals surface area contributed by atoms with Gasteiger partial charge in [-0.05, 0) is 38.4 Å². The van der Waals surface area contributed by atoms with E-state index in [1.165, 1.54) is 0 Å². The number of aliphatic hydroxyl groups is 2. The number of hydrogen-bond acceptors (Lipinski definition) is 6. The molecule has 3 N–H and O–H groups in total. The molecule has 1 aliphatic rings. The zero-order chi connectivity index (χ0) is 19.6. The Morgan fingerprint density at radius 2 is 2.07 bits per heavy atom. The van der Waals surface area contributed by atoms with Gasteiger partial charge in [-0.15, -0.1) is 13.2 Å². The van der Waals surface area contributed by atoms with Crippen molar-refractivity contribution in [3.05, 3.63) is 18.6 Å². The highest BCUT2D eigenvalue weighted by molar-refractivity contribution is 7.72. The highest BCUT2D eigenvalue weighted by Crippen LogP contribution is 2.40. The van der Waals surface area contributed by atoms with Crippen molar-refractivity contribution >= 4 is 30.0 Å². The number of anilines is 1. The van der Waals surface area contributed by atoms with Crippen molar-refractivity contribution in [2.24, 2.45) is 0 Å². The average molecular weight is 394 g/mol. The first kappa shape index (κ1) is 20.3. The molecular formula is C19H31N4O3P. The molecule has 150 valence electrons. The third-order valence-electron chi connectivity index (χ3n) is 4.94. The van der Waals surface area contributed by atoms with E-state index in [0.717, 1.165) is 36.8 Å². The number of unbranched alkanes of at least 4 members (excludes halogenated alkanes) is 1. The Kier molecular flexibility index (Phi) is 6.26. The Morgan fingerprint density at radius 3 is 2.78 bits per heavy atom. The van der Waals surface area contributed by atoms with Crippen molar-refractivity contribution in [3.63, 3.8) is 0 Å². The maximum atomic E-state index is 10.6. The van der Waals surface area contributed by atoms with Crippen LogP contribution in [0.3, 0.4) is 0 Å². The molecule has 0 unspecified atom stereocenters. The maximum absolute atomic E-state index is 10.6. The maximum Gasteiger partial charge on any atom is 0.165 e. The van der Waals surface area contributed by atoms with Gasteiger partial charge in [-0.3, -0.25) is 4.57 Å². The predicted molar refractivity (Wildman–Crippen MR) is 112 cm³/mol. The van der Waals surface area contributed by atoms with Crippen LogP contribution in [0.15, 0.2) is 18.6 Å². The van der Waals surface area contributed by atoms with Crippen molar-refractivity contribution in [2.75, 3.05) is 31.4 Å². The lowest BCUT2D eigenvalue weighted by Crippen LogP contribution is -2.31. The SMILES string of the molecule is C=P(C)(C)CC[C@H]1O[C@@H](n2cnc3c(NCCCC)ccnc32)[C@H](O)[C@@H]1O. The summed E-state index contributed by atoms with van der Waals surface area (Å²) < 4.78 is 7.75. The Morgan fingerprint density at radius 1 is 1.30 bits per heavy atom. The highest BCUT2D eigenvalue weighted by Gasteiger charge is 2.44. The molecule has 7 nitrogen and oxygen atoms in total. The van der Waals surface area contributed by atoms with Crippen molar-refractivity contribution in [1.82, 2.24) is 14.5 Å². The minimum absolute atomic E-state index is 0.408. The lowest BCUT2D eigenvalue weighted by atomic mass is 10.1. The van der Waals surface area contributed by atoms with Crippen LogP contribution in [0, 0.1) is 0 Å². The Bertz CT molecular complexity index is 818. The van der Waals surface area contributed by atoms with Crippen LogP contribution in [0.25, 0.3) is 11.2 Å². The third kappa shape index (κ3) is 4.54. The summed E-state index contributed by atoms with van der Waals surface area (Å²) in [6, 6.07) is 1.90. The number of hydrogen-bond donors (Lipinski definition) is 3. The molecule has 0 saturated carbocycles. The lowest BCUT2D eigenvalue weighted by Gasteiger charge is -2.18. The largest absolute Gasteiger partial charge is 0.388 e. The van der Waals surface area contributed by atoms with Gasteiger partial charge in [0.2, 0.25) is 0 Å². The molecule has 3 rings (SSSR count). The molecule has 2 aromatic rings. The average Bonchev–Trinajstić information content (AvgIpc) is 3.16. The van der Waals surface area contributed by atoms with Gasteiger partial charge in [0, 0.05) is 12.7 Å². The Balaban J connectivity index is 1.80. The van der Waals surface area contributed by atoms with Crippen LogP contribution in [0.4, 0.5) is 5.69 Å². The summed E-state index contributed by atoms with van der Waals surface area (Å²) in [4.78, 5) is 8.90. The summed E-state index contributed by atoms with van der Waals surface area (Å²) in [6.45, 7) is 6.12. The second-order valence-corrected chi connectivity index (χ2v) is 12.3. The fourth-order valence-electron chi connectivity index (χ4n) is 3.34. The number of fused-ring (bicyclic) bond motifs is 1. The van der Waals surface area contributed by atoms with Crippen LogP contribution in [0.2, 0.25) is 0 Å². The predicted octanol–water partition coefficient (Wildman–Crippen LogP) is 2.36. The quantitative estimate of drug-likeness (QED) is 0.470. The molecule has 0 amide bonds. The van der Waals surface area contributed by atoms with Gasteiger partial charge in [0.05, 0.1) is 18.1 Å². The number of aliphatic hydroxyl groups excluding tert-OH is 2. The van der Waals surface area contributed by atoms with E-state index in [1.807, 2.05) is 6.07 Å². The van der Waals surface area contributed by atoms with Gasteiger partial charge in [-0.2, -0.15) is 0 Å². The van der Waals surface area contributed by atoms with Gasteiger partial charge < -0.3 is 20.3 Å². The molecule has 27 heavy (non-hydrogen) atoms. The summed E-state index contributed by atoms with van der Waals surface area (Å²) in [5.74, 6) is 0. The van der Waals surface area contributed by atoms with E-state index in [0.29, 0.717) is 12.1 Å². The van der Waals surface area contributed by atoms with Crippen molar-refractivity contribution in [2.45, 2.75) is 50.7 Å². The van der Waals surface area contributed by atoms with Crippen LogP contribution >= 0.6 is 6.89 Å². The molecule has 3 heterocycles. The number of nitrogens with one attached hydrogen (secondary N) is 1. The van der Waals surface area contributed by atoms with Gasteiger partial charge in [0.15, 0.2) is 11.9 Å². The smallest absolute Gasteiger partial charge is 0.165 e. The standard InChI is InChI=1S/C19H31N4O3P/c1-5-6-9-20-13-7-10-21-18-15(13)22-12-23(18)19-17(25)16(24)14(26-19)8-11-27(2,3)4/h7,10,12,14,16-17,19,24-25H,2,5-6,8-9,11H2,1,3-4H3,(H,20,21)/t14-,16-,17-,19-/m1/s1. The summed E-state index contributed by atoms with van der Waals surface area (Å²) >= 11 is 0. The molecule has 8 heteroatoms. The number of pyridine rings is 1. The van der Waals surface area contributed by atoms with Crippen LogP contribution in [-0.4, -0.2) is 75.4 Å². The molecule has 1 fully saturated rings. The van der Waals surface area contributed by atoms with Crippen molar-refractivity contribution in [1.29, 1.82) is 0 Å². The van der Waals surface area contributed by atoms with Gasteiger partial charge in [-0.1, -0.05) is 13.3 Å². The summed E-state index contributed by atoms with van der Waals surface area (Å²) in [7, 11) is 0. The van der Waals surface area contributed by atoms with E-state index in [9.17, 15) is 10.2 Å². The zero-order valence-corrected chi connectivity index (χ0v) is 17.3. The second kappa shape index (κ2) is 8.31. The summed E-state index contributed by atoms with van der Waals surface area (Å²) in [5, 5.41) is 24.4. The van der Waals surface area contributed by atoms with Gasteiger partial charge in [0.25, 0.3) is 0 Å². The molecule has 0 radical (unpaired) electrons. The highest BCUT2D eigenvalue weighted by atomic mass is 31.2. The lowest BCUT2D eigenvalue weighted by molar-refractivity contribution is -0.0353. The molecule has 0 spiro atoms. The van der Waals surface area contributed by atoms with E-state index < -0.39 is 31.4 Å². The van der Waals surface area contributed by atoms with Gasteiger partial charge >= 0.3 is 0 Å². The summed E-state index contributed by atoms with van der Waals surface area (Å²) in [6.07, 6.45) is 8.29. The van der Waals surface area contributed by atoms with Gasteiger partial charge in [0.1, 0.15) is 17.7 Å².